The smallest absolute Gasteiger partial charge is 0.242 e. The van der Waals surface area contributed by atoms with Crippen molar-refractivity contribution >= 4 is 11.6 Å². The Bertz CT molecular complexity index is 676. The fourth-order valence-corrected chi connectivity index (χ4v) is 2.30. The van der Waals surface area contributed by atoms with E-state index in [-0.39, 0.29) is 18.5 Å². The van der Waals surface area contributed by atoms with E-state index in [9.17, 15) is 13.6 Å². The molecule has 0 aliphatic carbocycles. The molecule has 2 rings (SSSR count). The van der Waals surface area contributed by atoms with Crippen molar-refractivity contribution in [1.29, 1.82) is 0 Å². The summed E-state index contributed by atoms with van der Waals surface area (Å²) in [6.45, 7) is 2.03. The van der Waals surface area contributed by atoms with E-state index in [2.05, 4.69) is 0 Å². The minimum Gasteiger partial charge on any atom is -0.365 e. The van der Waals surface area contributed by atoms with Crippen LogP contribution in [0.5, 0.6) is 0 Å². The summed E-state index contributed by atoms with van der Waals surface area (Å²) in [5.41, 5.74) is 1.50. The first-order chi connectivity index (χ1) is 10.9. The minimum atomic E-state index is -0.923. The van der Waals surface area contributed by atoms with Crippen molar-refractivity contribution in [2.45, 2.75) is 13.0 Å². The lowest BCUT2D eigenvalue weighted by atomic mass is 10.1. The number of carbonyl (C=O) groups is 1. The van der Waals surface area contributed by atoms with Gasteiger partial charge in [0.25, 0.3) is 0 Å². The Morgan fingerprint density at radius 1 is 1.04 bits per heavy atom. The number of amides is 1. The number of hydrogen-bond acceptors (Lipinski definition) is 2. The van der Waals surface area contributed by atoms with E-state index in [1.54, 1.807) is 23.9 Å². The van der Waals surface area contributed by atoms with Gasteiger partial charge in [-0.15, -0.1) is 0 Å². The van der Waals surface area contributed by atoms with Gasteiger partial charge >= 0.3 is 0 Å². The van der Waals surface area contributed by atoms with Crippen molar-refractivity contribution in [1.82, 2.24) is 4.90 Å². The number of benzene rings is 2. The van der Waals surface area contributed by atoms with Gasteiger partial charge in [-0.1, -0.05) is 30.3 Å². The topological polar surface area (TPSA) is 23.6 Å². The molecule has 0 spiro atoms. The Morgan fingerprint density at radius 2 is 1.70 bits per heavy atom. The highest BCUT2D eigenvalue weighted by Gasteiger charge is 2.19. The number of rotatable bonds is 5. The second-order valence-electron chi connectivity index (χ2n) is 5.55. The van der Waals surface area contributed by atoms with Crippen molar-refractivity contribution in [2.24, 2.45) is 0 Å². The van der Waals surface area contributed by atoms with Crippen LogP contribution in [0.1, 0.15) is 18.5 Å². The van der Waals surface area contributed by atoms with Gasteiger partial charge < -0.3 is 9.80 Å². The lowest BCUT2D eigenvalue weighted by Crippen LogP contribution is -2.38. The molecular formula is C18H20F2N2O. The van der Waals surface area contributed by atoms with Gasteiger partial charge in [-0.3, -0.25) is 4.79 Å². The predicted octanol–water partition coefficient (Wildman–Crippen LogP) is 3.62. The van der Waals surface area contributed by atoms with Gasteiger partial charge in [0.15, 0.2) is 11.6 Å². The summed E-state index contributed by atoms with van der Waals surface area (Å²) in [5, 5.41) is 0. The fourth-order valence-electron chi connectivity index (χ4n) is 2.30. The summed E-state index contributed by atoms with van der Waals surface area (Å²) >= 11 is 0. The van der Waals surface area contributed by atoms with E-state index in [0.717, 1.165) is 17.7 Å². The molecule has 0 aromatic heterocycles. The van der Waals surface area contributed by atoms with Crippen LogP contribution in [0.3, 0.4) is 0 Å². The number of nitrogens with zero attached hydrogens (tertiary/aromatic N) is 2. The molecular weight excluding hydrogens is 298 g/mol. The lowest BCUT2D eigenvalue weighted by Gasteiger charge is -2.28. The maximum Gasteiger partial charge on any atom is 0.242 e. The Labute approximate surface area is 135 Å². The van der Waals surface area contributed by atoms with Crippen LogP contribution in [0.25, 0.3) is 0 Å². The third-order valence-electron chi connectivity index (χ3n) is 3.97. The molecule has 0 aliphatic heterocycles. The molecule has 23 heavy (non-hydrogen) atoms. The van der Waals surface area contributed by atoms with Gasteiger partial charge in [0.05, 0.1) is 12.6 Å². The summed E-state index contributed by atoms with van der Waals surface area (Å²) < 4.78 is 26.3. The Kier molecular flexibility index (Phi) is 5.32. The SMILES string of the molecule is C[C@@H](c1ccccc1)N(C)C(=O)CN(C)c1ccc(F)c(F)c1. The highest BCUT2D eigenvalue weighted by atomic mass is 19.2. The van der Waals surface area contributed by atoms with E-state index in [0.29, 0.717) is 5.69 Å². The summed E-state index contributed by atoms with van der Waals surface area (Å²) in [6.07, 6.45) is 0. The molecule has 0 N–H and O–H groups in total. The van der Waals surface area contributed by atoms with E-state index in [1.165, 1.54) is 6.07 Å². The molecule has 0 radical (unpaired) electrons. The maximum absolute atomic E-state index is 13.3. The molecule has 0 saturated carbocycles. The largest absolute Gasteiger partial charge is 0.365 e. The predicted molar refractivity (Wildman–Crippen MR) is 87.3 cm³/mol. The number of halogens is 2. The van der Waals surface area contributed by atoms with Gasteiger partial charge in [-0.25, -0.2) is 8.78 Å². The quantitative estimate of drug-likeness (QED) is 0.840. The van der Waals surface area contributed by atoms with E-state index in [1.807, 2.05) is 37.3 Å². The highest BCUT2D eigenvalue weighted by molar-refractivity contribution is 5.81. The second-order valence-corrected chi connectivity index (χ2v) is 5.55. The summed E-state index contributed by atoms with van der Waals surface area (Å²) in [6, 6.07) is 13.2. The summed E-state index contributed by atoms with van der Waals surface area (Å²) in [4.78, 5) is 15.7. The molecule has 3 nitrogen and oxygen atoms in total. The van der Waals surface area contributed by atoms with Gasteiger partial charge in [0.2, 0.25) is 5.91 Å². The molecule has 2 aromatic carbocycles. The Hall–Kier alpha value is -2.43. The van der Waals surface area contributed by atoms with Crippen LogP contribution in [0.4, 0.5) is 14.5 Å². The molecule has 1 atom stereocenters. The molecule has 0 saturated heterocycles. The number of likely N-dealkylation sites (N-methyl/N-ethyl adjacent to an activating group) is 2. The minimum absolute atomic E-state index is 0.0675. The van der Waals surface area contributed by atoms with Crippen LogP contribution in [-0.4, -0.2) is 31.4 Å². The maximum atomic E-state index is 13.3. The van der Waals surface area contributed by atoms with Crippen molar-refractivity contribution in [3.8, 4) is 0 Å². The molecule has 0 unspecified atom stereocenters. The zero-order valence-electron chi connectivity index (χ0n) is 13.5. The molecule has 0 fully saturated rings. The Morgan fingerprint density at radius 3 is 2.30 bits per heavy atom. The van der Waals surface area contributed by atoms with Crippen LogP contribution in [-0.2, 0) is 4.79 Å². The third-order valence-corrected chi connectivity index (χ3v) is 3.97. The van der Waals surface area contributed by atoms with Crippen LogP contribution in [0, 0.1) is 11.6 Å². The first-order valence-corrected chi connectivity index (χ1v) is 7.37. The standard InChI is InChI=1S/C18H20F2N2O/c1-13(14-7-5-4-6-8-14)22(3)18(23)12-21(2)15-9-10-16(19)17(20)11-15/h4-11,13H,12H2,1-3H3/t13-/m0/s1. The van der Waals surface area contributed by atoms with Crippen molar-refractivity contribution in [3.05, 3.63) is 65.7 Å². The van der Waals surface area contributed by atoms with Crippen molar-refractivity contribution < 1.29 is 13.6 Å². The molecule has 2 aromatic rings. The van der Waals surface area contributed by atoms with Crippen LogP contribution in [0.15, 0.2) is 48.5 Å². The molecule has 0 aliphatic rings. The van der Waals surface area contributed by atoms with E-state index < -0.39 is 11.6 Å². The van der Waals surface area contributed by atoms with Gasteiger partial charge in [-0.2, -0.15) is 0 Å². The number of anilines is 1. The summed E-state index contributed by atoms with van der Waals surface area (Å²) in [7, 11) is 3.41. The normalized spacial score (nSPS) is 11.9. The molecule has 0 bridgehead atoms. The third kappa shape index (κ3) is 4.06. The molecule has 0 heterocycles. The average Bonchev–Trinajstić information content (AvgIpc) is 2.56. The van der Waals surface area contributed by atoms with Crippen LogP contribution >= 0.6 is 0 Å². The molecule has 1 amide bonds. The molecule has 122 valence electrons. The highest BCUT2D eigenvalue weighted by Crippen LogP contribution is 2.20. The van der Waals surface area contributed by atoms with E-state index in [4.69, 9.17) is 0 Å². The number of hydrogen-bond donors (Lipinski definition) is 0. The lowest BCUT2D eigenvalue weighted by molar-refractivity contribution is -0.130. The summed E-state index contributed by atoms with van der Waals surface area (Å²) in [5.74, 6) is -1.93. The monoisotopic (exact) mass is 318 g/mol. The average molecular weight is 318 g/mol. The van der Waals surface area contributed by atoms with E-state index >= 15 is 0 Å². The first-order valence-electron chi connectivity index (χ1n) is 7.37. The Balaban J connectivity index is 2.04. The van der Waals surface area contributed by atoms with Crippen LogP contribution < -0.4 is 4.90 Å². The zero-order valence-corrected chi connectivity index (χ0v) is 13.5. The number of carbonyl (C=O) groups excluding carboxylic acids is 1. The van der Waals surface area contributed by atoms with Gasteiger partial charge in [-0.05, 0) is 24.6 Å². The second kappa shape index (κ2) is 7.22. The van der Waals surface area contributed by atoms with Crippen LogP contribution in [0.2, 0.25) is 0 Å². The first kappa shape index (κ1) is 16.9. The zero-order chi connectivity index (χ0) is 17.0. The van der Waals surface area contributed by atoms with Gasteiger partial charge in [0.1, 0.15) is 0 Å². The van der Waals surface area contributed by atoms with Crippen molar-refractivity contribution in [2.75, 3.05) is 25.5 Å². The van der Waals surface area contributed by atoms with Crippen molar-refractivity contribution in [3.63, 3.8) is 0 Å². The van der Waals surface area contributed by atoms with Gasteiger partial charge in [0, 0.05) is 25.8 Å². The fraction of sp³-hybridized carbons (Fsp3) is 0.278. The molecule has 5 heteroatoms.